The van der Waals surface area contributed by atoms with Crippen LogP contribution in [0.3, 0.4) is 0 Å². The molecule has 1 heterocycles. The van der Waals surface area contributed by atoms with Crippen LogP contribution < -0.4 is 5.32 Å². The number of aliphatic hydroxyl groups is 5. The molecule has 9 heteroatoms. The van der Waals surface area contributed by atoms with Crippen LogP contribution in [0.2, 0.25) is 0 Å². The van der Waals surface area contributed by atoms with Crippen molar-refractivity contribution in [3.63, 3.8) is 0 Å². The monoisotopic (exact) mass is 1160 g/mol. The van der Waals surface area contributed by atoms with Crippen molar-refractivity contribution in [1.82, 2.24) is 5.32 Å². The maximum Gasteiger partial charge on any atom is 0.220 e. The van der Waals surface area contributed by atoms with E-state index in [0.29, 0.717) is 6.42 Å². The van der Waals surface area contributed by atoms with Crippen LogP contribution in [-0.4, -0.2) is 87.5 Å². The predicted octanol–water partition coefficient (Wildman–Crippen LogP) is 20.3. The lowest BCUT2D eigenvalue weighted by molar-refractivity contribution is -0.302. The Bertz CT molecular complexity index is 1300. The summed E-state index contributed by atoms with van der Waals surface area (Å²) in [4.78, 5) is 13.1. The van der Waals surface area contributed by atoms with E-state index in [0.717, 1.165) is 38.5 Å². The van der Waals surface area contributed by atoms with Crippen LogP contribution >= 0.6 is 0 Å². The Kier molecular flexibility index (Phi) is 60.6. The molecule has 0 aromatic carbocycles. The van der Waals surface area contributed by atoms with Gasteiger partial charge in [-0.2, -0.15) is 0 Å². The maximum absolute atomic E-state index is 13.1. The topological polar surface area (TPSA) is 149 Å². The van der Waals surface area contributed by atoms with Gasteiger partial charge in [0, 0.05) is 6.42 Å². The first-order valence-electron chi connectivity index (χ1n) is 36.9. The molecule has 0 aromatic rings. The summed E-state index contributed by atoms with van der Waals surface area (Å²) in [5, 5.41) is 54.8. The number of amides is 1. The van der Waals surface area contributed by atoms with E-state index in [4.69, 9.17) is 9.47 Å². The summed E-state index contributed by atoms with van der Waals surface area (Å²) in [6.45, 7) is 3.85. The molecule has 1 fully saturated rings. The van der Waals surface area contributed by atoms with Gasteiger partial charge in [0.05, 0.1) is 25.4 Å². The van der Waals surface area contributed by atoms with Gasteiger partial charge in [0.25, 0.3) is 0 Å². The molecule has 0 radical (unpaired) electrons. The molecule has 1 saturated heterocycles. The molecule has 7 atom stereocenters. The lowest BCUT2D eigenvalue weighted by Crippen LogP contribution is -2.60. The molecule has 1 aliphatic rings. The number of carbonyl (C=O) groups excluding carboxylic acids is 1. The number of aliphatic hydroxyl groups excluding tert-OH is 5. The second-order valence-electron chi connectivity index (χ2n) is 26.1. The molecular weight excluding hydrogens is 1020 g/mol. The van der Waals surface area contributed by atoms with Crippen molar-refractivity contribution in [3.8, 4) is 0 Å². The number of rotatable bonds is 66. The number of hydrogen-bond donors (Lipinski definition) is 6. The summed E-state index contributed by atoms with van der Waals surface area (Å²) >= 11 is 0. The number of nitrogens with one attached hydrogen (secondary N) is 1. The zero-order valence-electron chi connectivity index (χ0n) is 54.8. The Morgan fingerprint density at radius 2 is 0.671 bits per heavy atom. The van der Waals surface area contributed by atoms with E-state index < -0.39 is 49.5 Å². The molecule has 1 aliphatic heterocycles. The lowest BCUT2D eigenvalue weighted by atomic mass is 9.99. The summed E-state index contributed by atoms with van der Waals surface area (Å²) in [7, 11) is 0. The Hall–Kier alpha value is -1.07. The molecule has 9 nitrogen and oxygen atoms in total. The third-order valence-corrected chi connectivity index (χ3v) is 18.1. The van der Waals surface area contributed by atoms with Crippen molar-refractivity contribution in [2.24, 2.45) is 0 Å². The zero-order valence-corrected chi connectivity index (χ0v) is 54.8. The van der Waals surface area contributed by atoms with Crippen LogP contribution in [0.5, 0.6) is 0 Å². The molecule has 6 N–H and O–H groups in total. The lowest BCUT2D eigenvalue weighted by Gasteiger charge is -2.40. The van der Waals surface area contributed by atoms with E-state index in [1.54, 1.807) is 6.08 Å². The van der Waals surface area contributed by atoms with Gasteiger partial charge in [0.1, 0.15) is 24.4 Å². The smallest absolute Gasteiger partial charge is 0.220 e. The van der Waals surface area contributed by atoms with E-state index in [-0.39, 0.29) is 12.5 Å². The van der Waals surface area contributed by atoms with Gasteiger partial charge < -0.3 is 40.3 Å². The minimum absolute atomic E-state index is 0.166. The third kappa shape index (κ3) is 51.0. The number of carbonyl (C=O) groups is 1. The molecule has 488 valence electrons. The summed E-state index contributed by atoms with van der Waals surface area (Å²) in [6, 6.07) is -0.802. The first kappa shape index (κ1) is 78.9. The highest BCUT2D eigenvalue weighted by molar-refractivity contribution is 5.76. The number of hydrogen-bond acceptors (Lipinski definition) is 8. The number of ether oxygens (including phenoxy) is 2. The van der Waals surface area contributed by atoms with Gasteiger partial charge in [0.15, 0.2) is 6.29 Å². The highest BCUT2D eigenvalue weighted by Gasteiger charge is 2.44. The fourth-order valence-corrected chi connectivity index (χ4v) is 12.3. The first-order chi connectivity index (χ1) is 40.3. The van der Waals surface area contributed by atoms with Crippen LogP contribution in [0.25, 0.3) is 0 Å². The van der Waals surface area contributed by atoms with Gasteiger partial charge in [-0.1, -0.05) is 379 Å². The average molecular weight is 1160 g/mol. The molecular formula is C73H143NO8. The molecule has 82 heavy (non-hydrogen) atoms. The van der Waals surface area contributed by atoms with Gasteiger partial charge in [-0.05, 0) is 19.3 Å². The van der Waals surface area contributed by atoms with Crippen molar-refractivity contribution in [2.75, 3.05) is 13.2 Å². The Labute approximate surface area is 509 Å². The van der Waals surface area contributed by atoms with Crippen molar-refractivity contribution in [3.05, 3.63) is 12.2 Å². The summed E-state index contributed by atoms with van der Waals surface area (Å²) < 4.78 is 11.3. The van der Waals surface area contributed by atoms with Gasteiger partial charge in [-0.3, -0.25) is 4.79 Å². The van der Waals surface area contributed by atoms with Crippen LogP contribution in [0.15, 0.2) is 12.2 Å². The zero-order chi connectivity index (χ0) is 59.3. The average Bonchev–Trinajstić information content (AvgIpc) is 3.54. The van der Waals surface area contributed by atoms with Crippen LogP contribution in [0.4, 0.5) is 0 Å². The highest BCUT2D eigenvalue weighted by atomic mass is 16.7. The number of unbranched alkanes of at least 4 members (excludes halogenated alkanes) is 56. The predicted molar refractivity (Wildman–Crippen MR) is 351 cm³/mol. The molecule has 1 amide bonds. The second kappa shape index (κ2) is 63.0. The second-order valence-corrected chi connectivity index (χ2v) is 26.1. The van der Waals surface area contributed by atoms with Crippen LogP contribution in [0, 0.1) is 0 Å². The molecule has 0 bridgehead atoms. The van der Waals surface area contributed by atoms with Crippen molar-refractivity contribution in [1.29, 1.82) is 0 Å². The van der Waals surface area contributed by atoms with Crippen LogP contribution in [-0.2, 0) is 14.3 Å². The SMILES string of the molecule is CCCCCCCCCCCCCCCCCCCCCCCCCCCC/C=C/C(O)C(COC1OC(CO)C(O)C(O)C1O)NC(=O)CCCCCCCCCCCCCCCCCCCCCCCCCCCCCCCCC. The van der Waals surface area contributed by atoms with E-state index >= 15 is 0 Å². The first-order valence-corrected chi connectivity index (χ1v) is 36.9. The Morgan fingerprint density at radius 3 is 0.951 bits per heavy atom. The molecule has 7 unspecified atom stereocenters. The van der Waals surface area contributed by atoms with Gasteiger partial charge >= 0.3 is 0 Å². The van der Waals surface area contributed by atoms with Gasteiger partial charge in [-0.15, -0.1) is 0 Å². The molecule has 1 rings (SSSR count). The largest absolute Gasteiger partial charge is 0.394 e. The normalized spacial score (nSPS) is 18.3. The van der Waals surface area contributed by atoms with Gasteiger partial charge in [0.2, 0.25) is 5.91 Å². The standard InChI is InChI=1S/C73H143NO8/c1-3-5-7-9-11-13-15-17-19-21-23-25-27-29-31-33-34-35-37-39-41-43-45-47-49-51-53-55-57-59-61-63-69(77)74-66(65-81-73-72(80)71(79)70(78)68(64-75)82-73)67(76)62-60-58-56-54-52-50-48-46-44-42-40-38-36-32-30-28-26-24-22-20-18-16-14-12-10-8-6-4-2/h60,62,66-68,70-73,75-76,78-80H,3-59,61,63-65H2,1-2H3,(H,74,77)/b62-60+. The van der Waals surface area contributed by atoms with E-state index in [9.17, 15) is 30.3 Å². The minimum atomic E-state index is -1.56. The summed E-state index contributed by atoms with van der Waals surface area (Å²) in [6.07, 6.45) is 74.8. The van der Waals surface area contributed by atoms with Crippen molar-refractivity contribution < 1.29 is 39.8 Å². The fourth-order valence-electron chi connectivity index (χ4n) is 12.3. The molecule has 0 aliphatic carbocycles. The van der Waals surface area contributed by atoms with Crippen molar-refractivity contribution in [2.45, 2.75) is 436 Å². The van der Waals surface area contributed by atoms with Crippen molar-refractivity contribution >= 4 is 5.91 Å². The third-order valence-electron chi connectivity index (χ3n) is 18.1. The Balaban J connectivity index is 2.09. The maximum atomic E-state index is 13.1. The minimum Gasteiger partial charge on any atom is -0.394 e. The molecule has 0 aromatic heterocycles. The molecule has 0 saturated carbocycles. The fraction of sp³-hybridized carbons (Fsp3) is 0.959. The van der Waals surface area contributed by atoms with E-state index in [1.165, 1.54) is 334 Å². The highest BCUT2D eigenvalue weighted by Crippen LogP contribution is 2.24. The van der Waals surface area contributed by atoms with E-state index in [2.05, 4.69) is 19.2 Å². The Morgan fingerprint density at radius 1 is 0.402 bits per heavy atom. The van der Waals surface area contributed by atoms with Crippen LogP contribution in [0.1, 0.15) is 393 Å². The quantitative estimate of drug-likeness (QED) is 0.0261. The van der Waals surface area contributed by atoms with Gasteiger partial charge in [-0.25, -0.2) is 0 Å². The molecule has 0 spiro atoms. The van der Waals surface area contributed by atoms with E-state index in [1.807, 2.05) is 6.08 Å². The summed E-state index contributed by atoms with van der Waals surface area (Å²) in [5.74, 6) is -0.166. The summed E-state index contributed by atoms with van der Waals surface area (Å²) in [5.41, 5.74) is 0. The number of allylic oxidation sites excluding steroid dienone is 1.